The summed E-state index contributed by atoms with van der Waals surface area (Å²) in [4.78, 5) is 10.6. The zero-order chi connectivity index (χ0) is 16.8. The lowest BCUT2D eigenvalue weighted by atomic mass is 10.1. The maximum Gasteiger partial charge on any atom is 0.335 e. The Morgan fingerprint density at radius 3 is 1.83 bits per heavy atom. The van der Waals surface area contributed by atoms with E-state index in [2.05, 4.69) is 55.1 Å². The summed E-state index contributed by atoms with van der Waals surface area (Å²) in [6.07, 6.45) is 2.24. The number of benzene rings is 3. The Hall–Kier alpha value is -3.13. The molecule has 0 saturated carbocycles. The molecule has 0 bridgehead atoms. The fraction of sp³-hybridized carbons (Fsp3) is 0.0455. The zero-order valence-corrected chi connectivity index (χ0v) is 13.3. The van der Waals surface area contributed by atoms with Crippen molar-refractivity contribution in [3.8, 4) is 16.9 Å². The highest BCUT2D eigenvalue weighted by atomic mass is 16.5. The summed E-state index contributed by atoms with van der Waals surface area (Å²) in [5.41, 5.74) is 5.75. The van der Waals surface area contributed by atoms with E-state index in [1.165, 1.54) is 22.3 Å². The topological polar surface area (TPSA) is 26.3 Å². The maximum atomic E-state index is 10.6. The third-order valence-electron chi connectivity index (χ3n) is 3.83. The van der Waals surface area contributed by atoms with E-state index in [1.54, 1.807) is 24.3 Å². The van der Waals surface area contributed by atoms with Gasteiger partial charge in [0.2, 0.25) is 0 Å². The molecular weight excluding hydrogens is 296 g/mol. The van der Waals surface area contributed by atoms with Gasteiger partial charge in [0, 0.05) is 6.08 Å². The molecule has 0 spiro atoms. The van der Waals surface area contributed by atoms with Crippen LogP contribution in [0.5, 0.6) is 5.75 Å². The van der Waals surface area contributed by atoms with E-state index in [-0.39, 0.29) is 0 Å². The molecule has 0 N–H and O–H groups in total. The SMILES string of the molecule is C=CC(=O)Oc1ccccc1.c1ccc2c(c1)Cc1ccccc1-2. The second-order valence-electron chi connectivity index (χ2n) is 5.43. The van der Waals surface area contributed by atoms with E-state index in [0.717, 1.165) is 12.5 Å². The second kappa shape index (κ2) is 7.42. The van der Waals surface area contributed by atoms with Crippen molar-refractivity contribution in [2.75, 3.05) is 0 Å². The minimum absolute atomic E-state index is 0.434. The molecule has 0 heterocycles. The Morgan fingerprint density at radius 1 is 0.792 bits per heavy atom. The van der Waals surface area contributed by atoms with E-state index in [9.17, 15) is 4.79 Å². The van der Waals surface area contributed by atoms with Crippen LogP contribution in [-0.4, -0.2) is 5.97 Å². The fourth-order valence-corrected chi connectivity index (χ4v) is 2.73. The number of fused-ring (bicyclic) bond motifs is 3. The Balaban J connectivity index is 0.000000144. The van der Waals surface area contributed by atoms with Gasteiger partial charge in [-0.3, -0.25) is 0 Å². The lowest BCUT2D eigenvalue weighted by Gasteiger charge is -1.98. The number of esters is 1. The van der Waals surface area contributed by atoms with Gasteiger partial charge in [-0.1, -0.05) is 73.3 Å². The van der Waals surface area contributed by atoms with Crippen LogP contribution in [0.4, 0.5) is 0 Å². The molecule has 0 unspecified atom stereocenters. The van der Waals surface area contributed by atoms with Gasteiger partial charge < -0.3 is 4.74 Å². The molecule has 118 valence electrons. The summed E-state index contributed by atoms with van der Waals surface area (Å²) in [6, 6.07) is 26.2. The standard InChI is InChI=1S/C13H10.C9H8O2/c1-3-7-12-10(5-1)9-11-6-2-4-8-13(11)12;1-2-9(10)11-8-6-4-3-5-7-8/h1-8H,9H2;2-7H,1H2. The molecule has 0 aromatic heterocycles. The smallest absolute Gasteiger partial charge is 0.335 e. The highest BCUT2D eigenvalue weighted by Crippen LogP contribution is 2.35. The minimum Gasteiger partial charge on any atom is -0.423 e. The molecule has 4 rings (SSSR count). The van der Waals surface area contributed by atoms with E-state index < -0.39 is 5.97 Å². The summed E-state index contributed by atoms with van der Waals surface area (Å²) >= 11 is 0. The zero-order valence-electron chi connectivity index (χ0n) is 13.3. The van der Waals surface area contributed by atoms with Gasteiger partial charge in [-0.2, -0.15) is 0 Å². The number of rotatable bonds is 2. The molecule has 1 aliphatic carbocycles. The van der Waals surface area contributed by atoms with Gasteiger partial charge in [0.1, 0.15) is 5.75 Å². The van der Waals surface area contributed by atoms with Crippen molar-refractivity contribution in [3.05, 3.63) is 103 Å². The Labute approximate surface area is 142 Å². The first kappa shape index (κ1) is 15.8. The quantitative estimate of drug-likeness (QED) is 0.294. The summed E-state index contributed by atoms with van der Waals surface area (Å²) in [5.74, 6) is 0.105. The third-order valence-corrected chi connectivity index (χ3v) is 3.83. The van der Waals surface area contributed by atoms with E-state index in [4.69, 9.17) is 4.74 Å². The summed E-state index contributed by atoms with van der Waals surface area (Å²) in [7, 11) is 0. The van der Waals surface area contributed by atoms with Crippen molar-refractivity contribution in [2.24, 2.45) is 0 Å². The van der Waals surface area contributed by atoms with Crippen molar-refractivity contribution in [2.45, 2.75) is 6.42 Å². The van der Waals surface area contributed by atoms with Crippen molar-refractivity contribution in [1.82, 2.24) is 0 Å². The Morgan fingerprint density at radius 2 is 1.29 bits per heavy atom. The van der Waals surface area contributed by atoms with Gasteiger partial charge in [-0.25, -0.2) is 4.79 Å². The van der Waals surface area contributed by atoms with Crippen LogP contribution >= 0.6 is 0 Å². The van der Waals surface area contributed by atoms with Crippen LogP contribution < -0.4 is 4.74 Å². The van der Waals surface area contributed by atoms with Crippen LogP contribution in [0.2, 0.25) is 0 Å². The molecular formula is C22H18O2. The first-order chi connectivity index (χ1) is 11.8. The molecule has 2 nitrogen and oxygen atoms in total. The number of hydrogen-bond donors (Lipinski definition) is 0. The lowest BCUT2D eigenvalue weighted by molar-refractivity contribution is -0.128. The molecule has 1 aliphatic rings. The van der Waals surface area contributed by atoms with Crippen molar-refractivity contribution < 1.29 is 9.53 Å². The van der Waals surface area contributed by atoms with Crippen LogP contribution in [0, 0.1) is 0 Å². The highest BCUT2D eigenvalue weighted by molar-refractivity contribution is 5.83. The predicted molar refractivity (Wildman–Crippen MR) is 97.0 cm³/mol. The van der Waals surface area contributed by atoms with Crippen molar-refractivity contribution in [3.63, 3.8) is 0 Å². The predicted octanol–water partition coefficient (Wildman–Crippen LogP) is 5.04. The molecule has 0 saturated heterocycles. The molecule has 0 radical (unpaired) electrons. The molecule has 0 atom stereocenters. The van der Waals surface area contributed by atoms with Gasteiger partial charge in [0.05, 0.1) is 0 Å². The number of para-hydroxylation sites is 1. The third kappa shape index (κ3) is 3.61. The summed E-state index contributed by atoms with van der Waals surface area (Å²) in [6.45, 7) is 3.28. The van der Waals surface area contributed by atoms with Crippen LogP contribution in [0.1, 0.15) is 11.1 Å². The summed E-state index contributed by atoms with van der Waals surface area (Å²) < 4.78 is 4.81. The average molecular weight is 314 g/mol. The van der Waals surface area contributed by atoms with Crippen molar-refractivity contribution in [1.29, 1.82) is 0 Å². The molecule has 2 heteroatoms. The number of ether oxygens (including phenoxy) is 1. The summed E-state index contributed by atoms with van der Waals surface area (Å²) in [5, 5.41) is 0. The monoisotopic (exact) mass is 314 g/mol. The van der Waals surface area contributed by atoms with Crippen LogP contribution in [0.3, 0.4) is 0 Å². The first-order valence-corrected chi connectivity index (χ1v) is 7.83. The van der Waals surface area contributed by atoms with Gasteiger partial charge >= 0.3 is 5.97 Å². The molecule has 3 aromatic rings. The first-order valence-electron chi connectivity index (χ1n) is 7.83. The maximum absolute atomic E-state index is 10.6. The molecule has 24 heavy (non-hydrogen) atoms. The molecule has 0 fully saturated rings. The second-order valence-corrected chi connectivity index (χ2v) is 5.43. The average Bonchev–Trinajstić information content (AvgIpc) is 3.02. The lowest BCUT2D eigenvalue weighted by Crippen LogP contribution is -2.02. The molecule has 0 amide bonds. The largest absolute Gasteiger partial charge is 0.423 e. The van der Waals surface area contributed by atoms with E-state index in [0.29, 0.717) is 5.75 Å². The van der Waals surface area contributed by atoms with Crippen LogP contribution in [0.15, 0.2) is 91.5 Å². The Kier molecular flexibility index (Phi) is 4.87. The fourth-order valence-electron chi connectivity index (χ4n) is 2.73. The van der Waals surface area contributed by atoms with Crippen LogP contribution in [0.25, 0.3) is 11.1 Å². The number of carbonyl (C=O) groups excluding carboxylic acids is 1. The van der Waals surface area contributed by atoms with Crippen LogP contribution in [-0.2, 0) is 11.2 Å². The van der Waals surface area contributed by atoms with E-state index >= 15 is 0 Å². The Bertz CT molecular complexity index is 807. The van der Waals surface area contributed by atoms with Gasteiger partial charge in [-0.15, -0.1) is 0 Å². The molecule has 0 aliphatic heterocycles. The normalized spacial score (nSPS) is 10.7. The number of carbonyl (C=O) groups is 1. The van der Waals surface area contributed by atoms with Gasteiger partial charge in [0.15, 0.2) is 0 Å². The molecule has 3 aromatic carbocycles. The highest BCUT2D eigenvalue weighted by Gasteiger charge is 2.15. The van der Waals surface area contributed by atoms with Crippen molar-refractivity contribution >= 4 is 5.97 Å². The van der Waals surface area contributed by atoms with Gasteiger partial charge in [-0.05, 0) is 40.8 Å². The number of hydrogen-bond acceptors (Lipinski definition) is 2. The minimum atomic E-state index is -0.434. The van der Waals surface area contributed by atoms with E-state index in [1.807, 2.05) is 6.07 Å². The van der Waals surface area contributed by atoms with Gasteiger partial charge in [0.25, 0.3) is 0 Å².